The van der Waals surface area contributed by atoms with Crippen LogP contribution in [0.15, 0.2) is 22.6 Å². The molecule has 3 heteroatoms. The minimum Gasteiger partial charge on any atom is -0.493 e. The zero-order valence-corrected chi connectivity index (χ0v) is 8.87. The maximum Gasteiger partial charge on any atom is 0.169 e. The van der Waals surface area contributed by atoms with Gasteiger partial charge in [0.1, 0.15) is 5.58 Å². The topological polar surface area (TPSA) is 31.6 Å². The van der Waals surface area contributed by atoms with Crippen molar-refractivity contribution >= 4 is 11.2 Å². The highest BCUT2D eigenvalue weighted by Crippen LogP contribution is 2.27. The SMILES string of the molecule is CCOCC.COc1cc2ccc1o2. The van der Waals surface area contributed by atoms with Gasteiger partial charge in [0.25, 0.3) is 0 Å². The van der Waals surface area contributed by atoms with Crippen molar-refractivity contribution in [1.29, 1.82) is 0 Å². The van der Waals surface area contributed by atoms with Crippen molar-refractivity contribution in [3.63, 3.8) is 0 Å². The van der Waals surface area contributed by atoms with Crippen molar-refractivity contribution in [2.75, 3.05) is 20.3 Å². The smallest absolute Gasteiger partial charge is 0.169 e. The summed E-state index contributed by atoms with van der Waals surface area (Å²) >= 11 is 0. The lowest BCUT2D eigenvalue weighted by molar-refractivity contribution is 0.162. The van der Waals surface area contributed by atoms with Crippen LogP contribution < -0.4 is 4.74 Å². The van der Waals surface area contributed by atoms with Gasteiger partial charge in [0.05, 0.1) is 7.11 Å². The summed E-state index contributed by atoms with van der Waals surface area (Å²) in [5, 5.41) is 0. The van der Waals surface area contributed by atoms with Crippen LogP contribution in [-0.4, -0.2) is 20.3 Å². The second kappa shape index (κ2) is 5.50. The lowest BCUT2D eigenvalue weighted by atomic mass is 10.3. The molecule has 0 saturated heterocycles. The van der Waals surface area contributed by atoms with Gasteiger partial charge < -0.3 is 13.9 Å². The van der Waals surface area contributed by atoms with Crippen molar-refractivity contribution in [2.24, 2.45) is 0 Å². The summed E-state index contributed by atoms with van der Waals surface area (Å²) in [4.78, 5) is 0. The summed E-state index contributed by atoms with van der Waals surface area (Å²) in [5.41, 5.74) is 1.70. The van der Waals surface area contributed by atoms with Crippen molar-refractivity contribution in [1.82, 2.24) is 0 Å². The van der Waals surface area contributed by atoms with Gasteiger partial charge in [-0.15, -0.1) is 0 Å². The molecule has 0 saturated carbocycles. The first-order valence-electron chi connectivity index (χ1n) is 4.75. The van der Waals surface area contributed by atoms with Gasteiger partial charge in [-0.25, -0.2) is 0 Å². The Morgan fingerprint density at radius 1 is 1.21 bits per heavy atom. The standard InChI is InChI=1S/C7H6O2.C4H10O/c1-8-7-4-5-2-3-6(7)9-5;1-3-5-4-2/h2-4H,1H3;3-4H2,1-2H3. The van der Waals surface area contributed by atoms with Crippen molar-refractivity contribution in [3.05, 3.63) is 18.2 Å². The summed E-state index contributed by atoms with van der Waals surface area (Å²) in [5.74, 6) is 0.826. The molecule has 0 aliphatic heterocycles. The van der Waals surface area contributed by atoms with Gasteiger partial charge in [-0.1, -0.05) is 0 Å². The van der Waals surface area contributed by atoms with E-state index >= 15 is 0 Å². The molecule has 3 nitrogen and oxygen atoms in total. The highest BCUT2D eigenvalue weighted by atomic mass is 16.5. The fraction of sp³-hybridized carbons (Fsp3) is 0.455. The maximum absolute atomic E-state index is 5.18. The highest BCUT2D eigenvalue weighted by Gasteiger charge is 2.04. The Morgan fingerprint density at radius 2 is 1.93 bits per heavy atom. The molecule has 0 atom stereocenters. The summed E-state index contributed by atoms with van der Waals surface area (Å²) in [7, 11) is 1.64. The fourth-order valence-electron chi connectivity index (χ4n) is 1.13. The van der Waals surface area contributed by atoms with Crippen LogP contribution in [0.4, 0.5) is 0 Å². The molecular formula is C11H16O3. The number of methoxy groups -OCH3 is 1. The van der Waals surface area contributed by atoms with Crippen molar-refractivity contribution < 1.29 is 13.9 Å². The van der Waals surface area contributed by atoms with Gasteiger partial charge in [-0.3, -0.25) is 0 Å². The zero-order chi connectivity index (χ0) is 10.4. The van der Waals surface area contributed by atoms with Gasteiger partial charge in [-0.05, 0) is 26.0 Å². The molecule has 0 aromatic carbocycles. The van der Waals surface area contributed by atoms with Crippen molar-refractivity contribution in [2.45, 2.75) is 13.8 Å². The van der Waals surface area contributed by atoms with Crippen LogP contribution in [0.1, 0.15) is 13.8 Å². The summed E-state index contributed by atoms with van der Waals surface area (Å²) in [6.07, 6.45) is 0. The predicted molar refractivity (Wildman–Crippen MR) is 56.1 cm³/mol. The summed E-state index contributed by atoms with van der Waals surface area (Å²) < 4.78 is 15.0. The van der Waals surface area contributed by atoms with Crippen molar-refractivity contribution in [3.8, 4) is 5.75 Å². The lowest BCUT2D eigenvalue weighted by Crippen LogP contribution is -1.84. The third-order valence-corrected chi connectivity index (χ3v) is 1.77. The molecule has 2 rings (SSSR count). The Balaban J connectivity index is 0.000000171. The Labute approximate surface area is 83.9 Å². The molecule has 78 valence electrons. The lowest BCUT2D eigenvalue weighted by Gasteiger charge is -1.90. The first kappa shape index (κ1) is 10.9. The number of hydrogen-bond acceptors (Lipinski definition) is 3. The van der Waals surface area contributed by atoms with E-state index in [-0.39, 0.29) is 0 Å². The Morgan fingerprint density at radius 3 is 2.14 bits per heavy atom. The van der Waals surface area contributed by atoms with Gasteiger partial charge in [0, 0.05) is 19.3 Å². The molecule has 0 fully saturated rings. The fourth-order valence-corrected chi connectivity index (χ4v) is 1.13. The molecule has 0 aliphatic carbocycles. The van der Waals surface area contributed by atoms with E-state index in [1.54, 1.807) is 7.11 Å². The van der Waals surface area contributed by atoms with Gasteiger partial charge in [-0.2, -0.15) is 0 Å². The average molecular weight is 196 g/mol. The largest absolute Gasteiger partial charge is 0.493 e. The summed E-state index contributed by atoms with van der Waals surface area (Å²) in [6, 6.07) is 5.68. The normalized spacial score (nSPS) is 9.93. The van der Waals surface area contributed by atoms with Gasteiger partial charge in [0.2, 0.25) is 0 Å². The molecule has 14 heavy (non-hydrogen) atoms. The molecule has 0 aliphatic rings. The monoisotopic (exact) mass is 196 g/mol. The van der Waals surface area contributed by atoms with Crippen LogP contribution in [0.5, 0.6) is 5.75 Å². The molecule has 2 aromatic rings. The van der Waals surface area contributed by atoms with Crippen LogP contribution in [0.2, 0.25) is 0 Å². The Bertz CT molecular complexity index is 338. The number of benzene rings is 1. The second-order valence-electron chi connectivity index (χ2n) is 2.70. The van der Waals surface area contributed by atoms with Crippen LogP contribution in [0.25, 0.3) is 11.2 Å². The quantitative estimate of drug-likeness (QED) is 0.756. The van der Waals surface area contributed by atoms with Gasteiger partial charge in [0.15, 0.2) is 11.3 Å². The van der Waals surface area contributed by atoms with Crippen LogP contribution in [-0.2, 0) is 4.74 Å². The molecular weight excluding hydrogens is 180 g/mol. The first-order valence-corrected chi connectivity index (χ1v) is 4.75. The number of rotatable bonds is 3. The number of furan rings is 2. The molecule has 0 unspecified atom stereocenters. The third-order valence-electron chi connectivity index (χ3n) is 1.77. The molecule has 2 bridgehead atoms. The van der Waals surface area contributed by atoms with E-state index in [0.29, 0.717) is 0 Å². The number of hydrogen-bond donors (Lipinski definition) is 0. The minimum atomic E-state index is 0.826. The van der Waals surface area contributed by atoms with E-state index in [1.807, 2.05) is 32.0 Å². The first-order chi connectivity index (χ1) is 6.81. The molecule has 0 spiro atoms. The average Bonchev–Trinajstić information content (AvgIpc) is 2.80. The minimum absolute atomic E-state index is 0.826. The van der Waals surface area contributed by atoms with E-state index in [4.69, 9.17) is 13.9 Å². The van der Waals surface area contributed by atoms with E-state index in [2.05, 4.69) is 0 Å². The van der Waals surface area contributed by atoms with E-state index in [0.717, 1.165) is 30.1 Å². The highest BCUT2D eigenvalue weighted by molar-refractivity contribution is 5.69. The van der Waals surface area contributed by atoms with Crippen LogP contribution in [0, 0.1) is 0 Å². The van der Waals surface area contributed by atoms with E-state index < -0.39 is 0 Å². The van der Waals surface area contributed by atoms with Gasteiger partial charge >= 0.3 is 0 Å². The molecule has 0 amide bonds. The van der Waals surface area contributed by atoms with E-state index in [1.165, 1.54) is 0 Å². The van der Waals surface area contributed by atoms with E-state index in [9.17, 15) is 0 Å². The van der Waals surface area contributed by atoms with Crippen LogP contribution in [0.3, 0.4) is 0 Å². The Hall–Kier alpha value is -1.22. The zero-order valence-electron chi connectivity index (χ0n) is 8.87. The molecule has 2 aromatic heterocycles. The predicted octanol–water partition coefficient (Wildman–Crippen LogP) is 2.92. The molecule has 0 radical (unpaired) electrons. The Kier molecular flexibility index (Phi) is 4.26. The number of ether oxygens (including phenoxy) is 2. The number of fused-ring (bicyclic) bond motifs is 2. The second-order valence-corrected chi connectivity index (χ2v) is 2.70. The maximum atomic E-state index is 5.18. The van der Waals surface area contributed by atoms with Crippen LogP contribution >= 0.6 is 0 Å². The molecule has 0 N–H and O–H groups in total. The third kappa shape index (κ3) is 2.64. The molecule has 2 heterocycles. The summed E-state index contributed by atoms with van der Waals surface area (Å²) in [6.45, 7) is 5.67.